The first-order chi connectivity index (χ1) is 9.32. The molecule has 0 saturated heterocycles. The average Bonchev–Trinajstić information content (AvgIpc) is 2.84. The summed E-state index contributed by atoms with van der Waals surface area (Å²) in [6, 6.07) is 7.30. The minimum absolute atomic E-state index is 0.230. The van der Waals surface area contributed by atoms with E-state index in [9.17, 15) is 9.90 Å². The van der Waals surface area contributed by atoms with Crippen LogP contribution in [0.4, 0.5) is 0 Å². The summed E-state index contributed by atoms with van der Waals surface area (Å²) in [6.45, 7) is 5.83. The molecular weight excluding hydrogens is 256 g/mol. The van der Waals surface area contributed by atoms with Gasteiger partial charge in [0.1, 0.15) is 11.3 Å². The van der Waals surface area contributed by atoms with E-state index in [-0.39, 0.29) is 11.0 Å². The molecule has 0 bridgehead atoms. The van der Waals surface area contributed by atoms with Gasteiger partial charge in [0.15, 0.2) is 0 Å². The van der Waals surface area contributed by atoms with Crippen molar-refractivity contribution >= 4 is 5.97 Å². The van der Waals surface area contributed by atoms with Crippen LogP contribution in [0.15, 0.2) is 30.5 Å². The third kappa shape index (κ3) is 2.66. The second-order valence-electron chi connectivity index (χ2n) is 5.59. The molecule has 0 atom stereocenters. The first-order valence-corrected chi connectivity index (χ1v) is 6.31. The third-order valence-corrected chi connectivity index (χ3v) is 2.99. The molecule has 5 heteroatoms. The molecule has 1 aromatic carbocycles. The molecule has 1 heterocycles. The van der Waals surface area contributed by atoms with E-state index in [2.05, 4.69) is 5.10 Å². The highest BCUT2D eigenvalue weighted by Crippen LogP contribution is 2.26. The molecule has 0 aliphatic carbocycles. The lowest BCUT2D eigenvalue weighted by Crippen LogP contribution is -2.16. The maximum Gasteiger partial charge on any atom is 0.339 e. The van der Waals surface area contributed by atoms with Gasteiger partial charge in [0, 0.05) is 11.6 Å². The zero-order valence-corrected chi connectivity index (χ0v) is 12.0. The quantitative estimate of drug-likeness (QED) is 0.934. The number of rotatable bonds is 3. The van der Waals surface area contributed by atoms with Crippen LogP contribution < -0.4 is 4.74 Å². The van der Waals surface area contributed by atoms with Gasteiger partial charge in [-0.15, -0.1) is 0 Å². The van der Waals surface area contributed by atoms with Gasteiger partial charge in [0.25, 0.3) is 0 Å². The molecule has 0 aliphatic heterocycles. The minimum Gasteiger partial charge on any atom is -0.497 e. The van der Waals surface area contributed by atoms with Crippen LogP contribution in [-0.4, -0.2) is 28.0 Å². The van der Waals surface area contributed by atoms with Crippen LogP contribution in [0.3, 0.4) is 0 Å². The number of nitrogens with zero attached hydrogens (tertiary/aromatic N) is 2. The molecule has 2 aromatic rings. The van der Waals surface area contributed by atoms with Crippen molar-refractivity contribution in [3.8, 4) is 11.4 Å². The fraction of sp³-hybridized carbons (Fsp3) is 0.333. The van der Waals surface area contributed by atoms with E-state index in [0.717, 1.165) is 11.4 Å². The highest BCUT2D eigenvalue weighted by Gasteiger charge is 2.26. The minimum atomic E-state index is -0.963. The van der Waals surface area contributed by atoms with Gasteiger partial charge in [0.05, 0.1) is 18.5 Å². The number of hydrogen-bond acceptors (Lipinski definition) is 3. The van der Waals surface area contributed by atoms with E-state index in [1.807, 2.05) is 45.0 Å². The van der Waals surface area contributed by atoms with E-state index < -0.39 is 5.97 Å². The number of carbonyl (C=O) groups is 1. The highest BCUT2D eigenvalue weighted by molar-refractivity contribution is 5.89. The number of aromatic nitrogens is 2. The Kier molecular flexibility index (Phi) is 3.53. The van der Waals surface area contributed by atoms with Crippen LogP contribution >= 0.6 is 0 Å². The molecular formula is C15H18N2O3. The Balaban J connectivity index is 2.50. The lowest BCUT2D eigenvalue weighted by Gasteiger charge is -2.15. The Morgan fingerprint density at radius 3 is 2.25 bits per heavy atom. The standard InChI is InChI=1S/C15H18N2O3/c1-15(2,3)13-12(14(18)19)9-17(16-13)10-5-7-11(20-4)8-6-10/h5-9H,1-4H3,(H,18,19). The SMILES string of the molecule is COc1ccc(-n2cc(C(=O)O)c(C(C)(C)C)n2)cc1. The molecule has 0 unspecified atom stereocenters. The molecule has 0 radical (unpaired) electrons. The zero-order valence-electron chi connectivity index (χ0n) is 12.0. The Labute approximate surface area is 117 Å². The zero-order chi connectivity index (χ0) is 14.9. The van der Waals surface area contributed by atoms with Crippen LogP contribution in [-0.2, 0) is 5.41 Å². The highest BCUT2D eigenvalue weighted by atomic mass is 16.5. The summed E-state index contributed by atoms with van der Waals surface area (Å²) in [6.07, 6.45) is 1.55. The van der Waals surface area contributed by atoms with Crippen LogP contribution in [0.1, 0.15) is 36.8 Å². The Morgan fingerprint density at radius 2 is 1.85 bits per heavy atom. The number of benzene rings is 1. The molecule has 20 heavy (non-hydrogen) atoms. The number of hydrogen-bond donors (Lipinski definition) is 1. The molecule has 2 rings (SSSR count). The van der Waals surface area contributed by atoms with E-state index in [1.54, 1.807) is 18.0 Å². The largest absolute Gasteiger partial charge is 0.497 e. The molecule has 0 amide bonds. The Morgan fingerprint density at radius 1 is 1.25 bits per heavy atom. The van der Waals surface area contributed by atoms with Crippen LogP contribution in [0.2, 0.25) is 0 Å². The monoisotopic (exact) mass is 274 g/mol. The van der Waals surface area contributed by atoms with Crippen molar-refractivity contribution in [3.63, 3.8) is 0 Å². The van der Waals surface area contributed by atoms with Gasteiger partial charge in [-0.25, -0.2) is 9.48 Å². The van der Waals surface area contributed by atoms with Crippen LogP contribution in [0, 0.1) is 0 Å². The molecule has 0 aliphatic rings. The van der Waals surface area contributed by atoms with Crippen LogP contribution in [0.5, 0.6) is 5.75 Å². The average molecular weight is 274 g/mol. The van der Waals surface area contributed by atoms with E-state index in [1.165, 1.54) is 0 Å². The van der Waals surface area contributed by atoms with Gasteiger partial charge >= 0.3 is 5.97 Å². The maximum absolute atomic E-state index is 11.3. The second-order valence-corrected chi connectivity index (χ2v) is 5.59. The summed E-state index contributed by atoms with van der Waals surface area (Å²) in [7, 11) is 1.60. The summed E-state index contributed by atoms with van der Waals surface area (Å²) >= 11 is 0. The summed E-state index contributed by atoms with van der Waals surface area (Å²) in [4.78, 5) is 11.3. The van der Waals surface area contributed by atoms with E-state index in [4.69, 9.17) is 4.74 Å². The smallest absolute Gasteiger partial charge is 0.339 e. The van der Waals surface area contributed by atoms with Crippen molar-refractivity contribution in [2.24, 2.45) is 0 Å². The van der Waals surface area contributed by atoms with Crippen LogP contribution in [0.25, 0.3) is 5.69 Å². The van der Waals surface area contributed by atoms with Gasteiger partial charge in [-0.3, -0.25) is 0 Å². The van der Waals surface area contributed by atoms with E-state index in [0.29, 0.717) is 5.69 Å². The van der Waals surface area contributed by atoms with E-state index >= 15 is 0 Å². The fourth-order valence-electron chi connectivity index (χ4n) is 1.95. The number of carboxylic acid groups (broad SMARTS) is 1. The predicted octanol–water partition coefficient (Wildman–Crippen LogP) is 2.88. The first-order valence-electron chi connectivity index (χ1n) is 6.31. The summed E-state index contributed by atoms with van der Waals surface area (Å²) in [5, 5.41) is 13.7. The van der Waals surface area contributed by atoms with Crippen molar-refractivity contribution in [1.82, 2.24) is 9.78 Å². The number of methoxy groups -OCH3 is 1. The summed E-state index contributed by atoms with van der Waals surface area (Å²) in [5.41, 5.74) is 1.27. The van der Waals surface area contributed by atoms with Gasteiger partial charge in [-0.05, 0) is 24.3 Å². The second kappa shape index (κ2) is 5.00. The normalized spacial score (nSPS) is 11.4. The van der Waals surface area contributed by atoms with Crippen molar-refractivity contribution < 1.29 is 14.6 Å². The number of aromatic carboxylic acids is 1. The molecule has 1 aromatic heterocycles. The third-order valence-electron chi connectivity index (χ3n) is 2.99. The van der Waals surface area contributed by atoms with Crippen molar-refractivity contribution in [3.05, 3.63) is 41.7 Å². The molecule has 0 saturated carbocycles. The number of ether oxygens (including phenoxy) is 1. The molecule has 1 N–H and O–H groups in total. The lowest BCUT2D eigenvalue weighted by atomic mass is 9.90. The molecule has 106 valence electrons. The van der Waals surface area contributed by atoms with Gasteiger partial charge in [-0.2, -0.15) is 5.10 Å². The molecule has 5 nitrogen and oxygen atoms in total. The topological polar surface area (TPSA) is 64.3 Å². The van der Waals surface area contributed by atoms with Crippen molar-refractivity contribution in [1.29, 1.82) is 0 Å². The van der Waals surface area contributed by atoms with Gasteiger partial charge in [0.2, 0.25) is 0 Å². The predicted molar refractivity (Wildman–Crippen MR) is 75.8 cm³/mol. The van der Waals surface area contributed by atoms with Crippen molar-refractivity contribution in [2.45, 2.75) is 26.2 Å². The number of carboxylic acids is 1. The van der Waals surface area contributed by atoms with Gasteiger partial charge in [-0.1, -0.05) is 20.8 Å². The molecule has 0 fully saturated rings. The Bertz CT molecular complexity index is 622. The first kappa shape index (κ1) is 14.1. The van der Waals surface area contributed by atoms with Gasteiger partial charge < -0.3 is 9.84 Å². The summed E-state index contributed by atoms with van der Waals surface area (Å²) in [5.74, 6) is -0.218. The summed E-state index contributed by atoms with van der Waals surface area (Å²) < 4.78 is 6.69. The molecule has 0 spiro atoms. The maximum atomic E-state index is 11.3. The van der Waals surface area contributed by atoms with Crippen molar-refractivity contribution in [2.75, 3.05) is 7.11 Å². The lowest BCUT2D eigenvalue weighted by molar-refractivity contribution is 0.0694. The fourth-order valence-corrected chi connectivity index (χ4v) is 1.95. The Hall–Kier alpha value is -2.30.